The number of likely N-dealkylation sites (tertiary alicyclic amines) is 2. The number of hydrogen-bond donors (Lipinski definition) is 1. The van der Waals surface area contributed by atoms with Gasteiger partial charge in [0.25, 0.3) is 0 Å². The van der Waals surface area contributed by atoms with Crippen LogP contribution in [0, 0.1) is 0 Å². The maximum atomic E-state index is 9.33. The first kappa shape index (κ1) is 10.4. The highest BCUT2D eigenvalue weighted by Gasteiger charge is 2.31. The SMILES string of the molecule is CN1CCC(N2CCCCC2CO)C1. The zero-order valence-electron chi connectivity index (χ0n) is 9.15. The maximum Gasteiger partial charge on any atom is 0.0586 e. The van der Waals surface area contributed by atoms with Crippen molar-refractivity contribution in [1.29, 1.82) is 0 Å². The topological polar surface area (TPSA) is 26.7 Å². The van der Waals surface area contributed by atoms with Crippen molar-refractivity contribution < 1.29 is 5.11 Å². The molecule has 14 heavy (non-hydrogen) atoms. The van der Waals surface area contributed by atoms with E-state index in [1.54, 1.807) is 0 Å². The highest BCUT2D eigenvalue weighted by Crippen LogP contribution is 2.23. The third-order valence-electron chi connectivity index (χ3n) is 3.72. The molecule has 2 heterocycles. The van der Waals surface area contributed by atoms with E-state index in [2.05, 4.69) is 16.8 Å². The lowest BCUT2D eigenvalue weighted by Gasteiger charge is -2.38. The van der Waals surface area contributed by atoms with Gasteiger partial charge in [0.2, 0.25) is 0 Å². The number of likely N-dealkylation sites (N-methyl/N-ethyl adjacent to an activating group) is 1. The van der Waals surface area contributed by atoms with E-state index in [4.69, 9.17) is 0 Å². The summed E-state index contributed by atoms with van der Waals surface area (Å²) in [5.41, 5.74) is 0. The van der Waals surface area contributed by atoms with Crippen LogP contribution in [0.1, 0.15) is 25.7 Å². The summed E-state index contributed by atoms with van der Waals surface area (Å²) in [5, 5.41) is 9.33. The predicted octanol–water partition coefficient (Wildman–Crippen LogP) is 0.537. The molecule has 0 spiro atoms. The van der Waals surface area contributed by atoms with Crippen LogP contribution in [0.25, 0.3) is 0 Å². The lowest BCUT2D eigenvalue weighted by atomic mass is 10.00. The predicted molar refractivity (Wildman–Crippen MR) is 57.3 cm³/mol. The molecule has 82 valence electrons. The summed E-state index contributed by atoms with van der Waals surface area (Å²) >= 11 is 0. The van der Waals surface area contributed by atoms with Crippen molar-refractivity contribution in [3.05, 3.63) is 0 Å². The van der Waals surface area contributed by atoms with Crippen LogP contribution in [0.3, 0.4) is 0 Å². The van der Waals surface area contributed by atoms with Crippen LogP contribution in [0.2, 0.25) is 0 Å². The normalized spacial score (nSPS) is 36.4. The Balaban J connectivity index is 1.93. The number of aliphatic hydroxyl groups excluding tert-OH is 1. The molecule has 0 aromatic rings. The Labute approximate surface area is 86.7 Å². The second-order valence-corrected chi connectivity index (χ2v) is 4.77. The number of hydrogen-bond acceptors (Lipinski definition) is 3. The fourth-order valence-corrected chi connectivity index (χ4v) is 2.88. The van der Waals surface area contributed by atoms with Gasteiger partial charge in [0.15, 0.2) is 0 Å². The second-order valence-electron chi connectivity index (χ2n) is 4.77. The minimum atomic E-state index is 0.347. The van der Waals surface area contributed by atoms with Gasteiger partial charge in [-0.3, -0.25) is 4.90 Å². The highest BCUT2D eigenvalue weighted by atomic mass is 16.3. The molecule has 2 atom stereocenters. The van der Waals surface area contributed by atoms with E-state index in [9.17, 15) is 5.11 Å². The van der Waals surface area contributed by atoms with Crippen LogP contribution in [-0.4, -0.2) is 60.3 Å². The van der Waals surface area contributed by atoms with Gasteiger partial charge in [0.1, 0.15) is 0 Å². The Morgan fingerprint density at radius 2 is 2.07 bits per heavy atom. The van der Waals surface area contributed by atoms with E-state index in [0.717, 1.165) is 0 Å². The Morgan fingerprint density at radius 1 is 1.21 bits per heavy atom. The summed E-state index contributed by atoms with van der Waals surface area (Å²) in [6, 6.07) is 1.15. The molecule has 0 saturated carbocycles. The Hall–Kier alpha value is -0.120. The van der Waals surface area contributed by atoms with Crippen LogP contribution in [0.4, 0.5) is 0 Å². The van der Waals surface area contributed by atoms with Gasteiger partial charge >= 0.3 is 0 Å². The Kier molecular flexibility index (Phi) is 3.42. The highest BCUT2D eigenvalue weighted by molar-refractivity contribution is 4.87. The summed E-state index contributed by atoms with van der Waals surface area (Å²) in [6.07, 6.45) is 5.09. The Bertz CT molecular complexity index is 186. The van der Waals surface area contributed by atoms with Crippen molar-refractivity contribution in [2.75, 3.05) is 33.3 Å². The number of rotatable bonds is 2. The first-order chi connectivity index (χ1) is 6.81. The summed E-state index contributed by atoms with van der Waals surface area (Å²) in [5.74, 6) is 0. The molecule has 2 saturated heterocycles. The molecular formula is C11H22N2O. The van der Waals surface area contributed by atoms with E-state index in [1.807, 2.05) is 0 Å². The van der Waals surface area contributed by atoms with Gasteiger partial charge in [-0.1, -0.05) is 6.42 Å². The summed E-state index contributed by atoms with van der Waals surface area (Å²) in [7, 11) is 2.19. The number of piperidine rings is 1. The van der Waals surface area contributed by atoms with E-state index in [-0.39, 0.29) is 0 Å². The van der Waals surface area contributed by atoms with Gasteiger partial charge in [-0.25, -0.2) is 0 Å². The van der Waals surface area contributed by atoms with Crippen molar-refractivity contribution in [2.24, 2.45) is 0 Å². The molecule has 0 aromatic carbocycles. The average Bonchev–Trinajstić information content (AvgIpc) is 2.65. The van der Waals surface area contributed by atoms with Crippen LogP contribution < -0.4 is 0 Å². The molecule has 3 nitrogen and oxygen atoms in total. The lowest BCUT2D eigenvalue weighted by Crippen LogP contribution is -2.48. The lowest BCUT2D eigenvalue weighted by molar-refractivity contribution is 0.0565. The molecule has 2 aliphatic rings. The fourth-order valence-electron chi connectivity index (χ4n) is 2.88. The zero-order chi connectivity index (χ0) is 9.97. The largest absolute Gasteiger partial charge is 0.395 e. The van der Waals surface area contributed by atoms with Gasteiger partial charge in [-0.2, -0.15) is 0 Å². The third-order valence-corrected chi connectivity index (χ3v) is 3.72. The number of nitrogens with zero attached hydrogens (tertiary/aromatic N) is 2. The molecule has 2 fully saturated rings. The first-order valence-electron chi connectivity index (χ1n) is 5.86. The third kappa shape index (κ3) is 2.10. The van der Waals surface area contributed by atoms with Crippen molar-refractivity contribution in [3.63, 3.8) is 0 Å². The zero-order valence-corrected chi connectivity index (χ0v) is 9.15. The summed E-state index contributed by atoms with van der Waals surface area (Å²) < 4.78 is 0. The molecule has 2 aliphatic heterocycles. The van der Waals surface area contributed by atoms with Gasteiger partial charge < -0.3 is 10.0 Å². The second kappa shape index (κ2) is 4.60. The summed E-state index contributed by atoms with van der Waals surface area (Å²) in [4.78, 5) is 4.95. The molecule has 0 aromatic heterocycles. The molecule has 0 aliphatic carbocycles. The van der Waals surface area contributed by atoms with Crippen molar-refractivity contribution in [1.82, 2.24) is 9.80 Å². The van der Waals surface area contributed by atoms with E-state index >= 15 is 0 Å². The first-order valence-corrected chi connectivity index (χ1v) is 5.86. The van der Waals surface area contributed by atoms with Gasteiger partial charge in [0, 0.05) is 18.6 Å². The molecule has 0 amide bonds. The van der Waals surface area contributed by atoms with Crippen LogP contribution in [-0.2, 0) is 0 Å². The van der Waals surface area contributed by atoms with Gasteiger partial charge in [-0.05, 0) is 39.4 Å². The van der Waals surface area contributed by atoms with Crippen molar-refractivity contribution in [2.45, 2.75) is 37.8 Å². The Morgan fingerprint density at radius 3 is 2.71 bits per heavy atom. The van der Waals surface area contributed by atoms with Crippen molar-refractivity contribution >= 4 is 0 Å². The van der Waals surface area contributed by atoms with Crippen LogP contribution >= 0.6 is 0 Å². The van der Waals surface area contributed by atoms with Crippen molar-refractivity contribution in [3.8, 4) is 0 Å². The number of aliphatic hydroxyl groups is 1. The molecule has 0 bridgehead atoms. The standard InChI is InChI=1S/C11H22N2O/c1-12-7-5-10(8-12)13-6-3-2-4-11(13)9-14/h10-11,14H,2-9H2,1H3. The average molecular weight is 198 g/mol. The van der Waals surface area contributed by atoms with E-state index in [0.29, 0.717) is 18.7 Å². The molecule has 0 radical (unpaired) electrons. The summed E-state index contributed by atoms with van der Waals surface area (Å²) in [6.45, 7) is 3.96. The monoisotopic (exact) mass is 198 g/mol. The minimum absolute atomic E-state index is 0.347. The minimum Gasteiger partial charge on any atom is -0.395 e. The molecule has 2 rings (SSSR count). The molecule has 1 N–H and O–H groups in total. The van der Waals surface area contributed by atoms with E-state index < -0.39 is 0 Å². The van der Waals surface area contributed by atoms with Gasteiger partial charge in [-0.15, -0.1) is 0 Å². The van der Waals surface area contributed by atoms with Crippen LogP contribution in [0.15, 0.2) is 0 Å². The van der Waals surface area contributed by atoms with E-state index in [1.165, 1.54) is 45.3 Å². The molecular weight excluding hydrogens is 176 g/mol. The fraction of sp³-hybridized carbons (Fsp3) is 1.00. The van der Waals surface area contributed by atoms with Gasteiger partial charge in [0.05, 0.1) is 6.61 Å². The van der Waals surface area contributed by atoms with Crippen LogP contribution in [0.5, 0.6) is 0 Å². The smallest absolute Gasteiger partial charge is 0.0586 e. The quantitative estimate of drug-likeness (QED) is 0.701. The maximum absolute atomic E-state index is 9.33. The molecule has 3 heteroatoms. The molecule has 2 unspecified atom stereocenters.